The van der Waals surface area contributed by atoms with Crippen LogP contribution in [0.5, 0.6) is 0 Å². The average Bonchev–Trinajstić information content (AvgIpc) is 2.77. The van der Waals surface area contributed by atoms with Crippen LogP contribution >= 0.6 is 0 Å². The van der Waals surface area contributed by atoms with Crippen LogP contribution in [0.1, 0.15) is 55.6 Å². The van der Waals surface area contributed by atoms with Gasteiger partial charge in [0, 0.05) is 11.7 Å². The molecule has 2 aromatic carbocycles. The monoisotopic (exact) mass is 446 g/mol. The summed E-state index contributed by atoms with van der Waals surface area (Å²) in [6, 6.07) is 11.1. The first kappa shape index (κ1) is 24.6. The van der Waals surface area contributed by atoms with Crippen molar-refractivity contribution in [2.75, 3.05) is 11.9 Å². The van der Waals surface area contributed by atoms with Crippen molar-refractivity contribution < 1.29 is 22.7 Å². The number of rotatable bonds is 10. The number of sulfonamides is 1. The second-order valence-electron chi connectivity index (χ2n) is 7.24. The van der Waals surface area contributed by atoms with Crippen LogP contribution in [-0.2, 0) is 32.4 Å². The standard InChI is InChI=1S/C23H30N2O5S/c1-5-16(4)25-31(28,29)20-13-11-19(12-14-20)23(27)30-15-21(26)24-22-17(6-2)9-8-10-18(22)7-3/h8-14,16,25H,5-7,15H2,1-4H3,(H,24,26). The fraction of sp³-hybridized carbons (Fsp3) is 0.391. The molecule has 2 aromatic rings. The predicted octanol–water partition coefficient (Wildman–Crippen LogP) is 3.68. The third-order valence-corrected chi connectivity index (χ3v) is 6.57. The van der Waals surface area contributed by atoms with Gasteiger partial charge >= 0.3 is 5.97 Å². The molecule has 0 bridgehead atoms. The molecule has 0 saturated heterocycles. The van der Waals surface area contributed by atoms with Crippen LogP contribution in [0.3, 0.4) is 0 Å². The zero-order valence-corrected chi connectivity index (χ0v) is 19.2. The molecular formula is C23H30N2O5S. The van der Waals surface area contributed by atoms with Crippen LogP contribution in [0.15, 0.2) is 47.4 Å². The molecular weight excluding hydrogens is 416 g/mol. The molecule has 2 rings (SSSR count). The number of carbonyl (C=O) groups is 2. The summed E-state index contributed by atoms with van der Waals surface area (Å²) in [5, 5.41) is 2.84. The molecule has 1 amide bonds. The van der Waals surface area contributed by atoms with Gasteiger partial charge in [-0.25, -0.2) is 17.9 Å². The van der Waals surface area contributed by atoms with Gasteiger partial charge in [0.25, 0.3) is 5.91 Å². The van der Waals surface area contributed by atoms with Crippen molar-refractivity contribution in [2.45, 2.75) is 57.9 Å². The fourth-order valence-electron chi connectivity index (χ4n) is 2.98. The summed E-state index contributed by atoms with van der Waals surface area (Å²) in [7, 11) is -3.65. The number of aryl methyl sites for hydroxylation is 2. The summed E-state index contributed by atoms with van der Waals surface area (Å²) in [4.78, 5) is 24.7. The summed E-state index contributed by atoms with van der Waals surface area (Å²) in [5.41, 5.74) is 2.96. The maximum Gasteiger partial charge on any atom is 0.338 e. The number of hydrogen-bond donors (Lipinski definition) is 2. The Morgan fingerprint density at radius 1 is 0.968 bits per heavy atom. The van der Waals surface area contributed by atoms with E-state index in [1.807, 2.05) is 39.0 Å². The van der Waals surface area contributed by atoms with Gasteiger partial charge in [0.15, 0.2) is 6.61 Å². The summed E-state index contributed by atoms with van der Waals surface area (Å²) >= 11 is 0. The minimum atomic E-state index is -3.65. The van der Waals surface area contributed by atoms with Crippen molar-refractivity contribution in [3.63, 3.8) is 0 Å². The number of amides is 1. The van der Waals surface area contributed by atoms with E-state index >= 15 is 0 Å². The molecule has 0 spiro atoms. The van der Waals surface area contributed by atoms with Crippen molar-refractivity contribution in [3.05, 3.63) is 59.2 Å². The Kier molecular flexibility index (Phi) is 8.76. The second kappa shape index (κ2) is 11.1. The van der Waals surface area contributed by atoms with Gasteiger partial charge in [0.2, 0.25) is 10.0 Å². The van der Waals surface area contributed by atoms with E-state index in [1.54, 1.807) is 6.92 Å². The Bertz CT molecular complexity index is 995. The van der Waals surface area contributed by atoms with E-state index in [9.17, 15) is 18.0 Å². The Hall–Kier alpha value is -2.71. The van der Waals surface area contributed by atoms with Gasteiger partial charge in [-0.3, -0.25) is 4.79 Å². The van der Waals surface area contributed by atoms with Crippen LogP contribution < -0.4 is 10.0 Å². The molecule has 0 aliphatic carbocycles. The lowest BCUT2D eigenvalue weighted by molar-refractivity contribution is -0.119. The molecule has 8 heteroatoms. The van der Waals surface area contributed by atoms with E-state index in [1.165, 1.54) is 24.3 Å². The maximum absolute atomic E-state index is 12.3. The van der Waals surface area contributed by atoms with E-state index in [0.29, 0.717) is 6.42 Å². The fourth-order valence-corrected chi connectivity index (χ4v) is 4.31. The van der Waals surface area contributed by atoms with Gasteiger partial charge in [0.05, 0.1) is 10.5 Å². The van der Waals surface area contributed by atoms with E-state index in [4.69, 9.17) is 4.74 Å². The molecule has 0 aromatic heterocycles. The molecule has 31 heavy (non-hydrogen) atoms. The zero-order chi connectivity index (χ0) is 23.0. The summed E-state index contributed by atoms with van der Waals surface area (Å²) in [5.74, 6) is -1.13. The lowest BCUT2D eigenvalue weighted by atomic mass is 10.0. The lowest BCUT2D eigenvalue weighted by Gasteiger charge is -2.14. The molecule has 0 fully saturated rings. The number of ether oxygens (including phenoxy) is 1. The van der Waals surface area contributed by atoms with Crippen molar-refractivity contribution in [1.29, 1.82) is 0 Å². The number of hydrogen-bond acceptors (Lipinski definition) is 5. The highest BCUT2D eigenvalue weighted by molar-refractivity contribution is 7.89. The first-order chi connectivity index (χ1) is 14.7. The van der Waals surface area contributed by atoms with Gasteiger partial charge in [-0.1, -0.05) is 39.0 Å². The largest absolute Gasteiger partial charge is 0.452 e. The van der Waals surface area contributed by atoms with E-state index < -0.39 is 28.5 Å². The number of benzene rings is 2. The first-order valence-corrected chi connectivity index (χ1v) is 11.9. The highest BCUT2D eigenvalue weighted by Gasteiger charge is 2.18. The maximum atomic E-state index is 12.3. The van der Waals surface area contributed by atoms with E-state index in [-0.39, 0.29) is 16.5 Å². The highest BCUT2D eigenvalue weighted by atomic mass is 32.2. The number of esters is 1. The molecule has 0 radical (unpaired) electrons. The van der Waals surface area contributed by atoms with Crippen LogP contribution in [0.25, 0.3) is 0 Å². The molecule has 0 aliphatic heterocycles. The van der Waals surface area contributed by atoms with Crippen LogP contribution in [0, 0.1) is 0 Å². The van der Waals surface area contributed by atoms with Crippen molar-refractivity contribution in [3.8, 4) is 0 Å². The highest BCUT2D eigenvalue weighted by Crippen LogP contribution is 2.22. The molecule has 2 N–H and O–H groups in total. The third-order valence-electron chi connectivity index (χ3n) is 4.97. The number of carbonyl (C=O) groups excluding carboxylic acids is 2. The van der Waals surface area contributed by atoms with Crippen molar-refractivity contribution in [1.82, 2.24) is 4.72 Å². The number of para-hydroxylation sites is 1. The van der Waals surface area contributed by atoms with Crippen LogP contribution in [-0.4, -0.2) is 32.9 Å². The Morgan fingerprint density at radius 2 is 1.55 bits per heavy atom. The topological polar surface area (TPSA) is 102 Å². The normalized spacial score (nSPS) is 12.3. The van der Waals surface area contributed by atoms with Gasteiger partial charge in [-0.2, -0.15) is 0 Å². The molecule has 168 valence electrons. The quantitative estimate of drug-likeness (QED) is 0.542. The number of nitrogens with one attached hydrogen (secondary N) is 2. The van der Waals surface area contributed by atoms with Crippen molar-refractivity contribution in [2.24, 2.45) is 0 Å². The Balaban J connectivity index is 2.00. The van der Waals surface area contributed by atoms with E-state index in [2.05, 4.69) is 10.0 Å². The molecule has 0 saturated carbocycles. The van der Waals surface area contributed by atoms with Gasteiger partial charge in [-0.15, -0.1) is 0 Å². The third kappa shape index (κ3) is 6.63. The smallest absolute Gasteiger partial charge is 0.338 e. The molecule has 1 atom stereocenters. The zero-order valence-electron chi connectivity index (χ0n) is 18.4. The Morgan fingerprint density at radius 3 is 2.06 bits per heavy atom. The summed E-state index contributed by atoms with van der Waals surface area (Å²) in [6.07, 6.45) is 2.20. The Labute approximate surface area is 184 Å². The van der Waals surface area contributed by atoms with Crippen molar-refractivity contribution >= 4 is 27.6 Å². The molecule has 1 unspecified atom stereocenters. The number of anilines is 1. The van der Waals surface area contributed by atoms with Gasteiger partial charge in [-0.05, 0) is 61.6 Å². The minimum absolute atomic E-state index is 0.0605. The average molecular weight is 447 g/mol. The van der Waals surface area contributed by atoms with Gasteiger partial charge < -0.3 is 10.1 Å². The van der Waals surface area contributed by atoms with E-state index in [0.717, 1.165) is 29.7 Å². The molecule has 0 aliphatic rings. The van der Waals surface area contributed by atoms with Crippen LogP contribution in [0.2, 0.25) is 0 Å². The summed E-state index contributed by atoms with van der Waals surface area (Å²) < 4.78 is 32.2. The molecule has 0 heterocycles. The second-order valence-corrected chi connectivity index (χ2v) is 8.95. The first-order valence-electron chi connectivity index (χ1n) is 10.4. The predicted molar refractivity (Wildman–Crippen MR) is 121 cm³/mol. The minimum Gasteiger partial charge on any atom is -0.452 e. The van der Waals surface area contributed by atoms with Gasteiger partial charge in [0.1, 0.15) is 0 Å². The SMILES string of the molecule is CCc1cccc(CC)c1NC(=O)COC(=O)c1ccc(S(=O)(=O)NC(C)CC)cc1. The molecule has 7 nitrogen and oxygen atoms in total. The lowest BCUT2D eigenvalue weighted by Crippen LogP contribution is -2.32. The van der Waals surface area contributed by atoms with Crippen LogP contribution in [0.4, 0.5) is 5.69 Å². The summed E-state index contributed by atoms with van der Waals surface area (Å²) in [6.45, 7) is 7.23.